The molecule has 4 heteroatoms. The molecular formula is C11H9FN2O. The fraction of sp³-hybridized carbons (Fsp3) is 0.182. The van der Waals surface area contributed by atoms with E-state index in [1.807, 2.05) is 6.92 Å². The summed E-state index contributed by atoms with van der Waals surface area (Å²) in [6.07, 6.45) is 1.82. The summed E-state index contributed by atoms with van der Waals surface area (Å²) in [6.45, 7) is 1.81. The van der Waals surface area contributed by atoms with Crippen molar-refractivity contribution in [2.75, 3.05) is 0 Å². The van der Waals surface area contributed by atoms with Crippen LogP contribution in [0.3, 0.4) is 0 Å². The van der Waals surface area contributed by atoms with Crippen LogP contribution >= 0.6 is 0 Å². The number of aromatic nitrogens is 2. The van der Waals surface area contributed by atoms with Crippen LogP contribution in [-0.4, -0.2) is 16.3 Å². The van der Waals surface area contributed by atoms with Crippen molar-refractivity contribution in [3.63, 3.8) is 0 Å². The van der Waals surface area contributed by atoms with Gasteiger partial charge in [0.15, 0.2) is 0 Å². The second-order valence-electron chi connectivity index (χ2n) is 3.28. The van der Waals surface area contributed by atoms with E-state index in [1.54, 1.807) is 12.1 Å². The number of aryl methyl sites for hydroxylation is 1. The van der Waals surface area contributed by atoms with Gasteiger partial charge in [-0.1, -0.05) is 0 Å². The lowest BCUT2D eigenvalue weighted by atomic mass is 10.1. The Morgan fingerprint density at radius 3 is 3.00 bits per heavy atom. The Labute approximate surface area is 86.0 Å². The Morgan fingerprint density at radius 2 is 2.27 bits per heavy atom. The monoisotopic (exact) mass is 204 g/mol. The van der Waals surface area contributed by atoms with Crippen LogP contribution in [0.5, 0.6) is 0 Å². The van der Waals surface area contributed by atoms with Crippen LogP contribution in [0.2, 0.25) is 0 Å². The highest BCUT2D eigenvalue weighted by Crippen LogP contribution is 2.18. The first kappa shape index (κ1) is 9.71. The Balaban J connectivity index is 2.77. The molecule has 0 fully saturated rings. The molecule has 0 aliphatic rings. The zero-order valence-electron chi connectivity index (χ0n) is 8.20. The van der Waals surface area contributed by atoms with E-state index >= 15 is 0 Å². The summed E-state index contributed by atoms with van der Waals surface area (Å²) in [7, 11) is 0. The van der Waals surface area contributed by atoms with Crippen molar-refractivity contribution >= 4 is 17.3 Å². The minimum Gasteiger partial charge on any atom is -0.303 e. The first-order chi connectivity index (χ1) is 7.22. The second-order valence-corrected chi connectivity index (χ2v) is 3.28. The molecule has 15 heavy (non-hydrogen) atoms. The molecule has 76 valence electrons. The standard InChI is InChI=1S/C11H9FN2O/c1-7-2-3-10-11(14-7)8(4-5-15)9(12)6-13-10/h2-3,5-6H,4H2,1H3. The summed E-state index contributed by atoms with van der Waals surface area (Å²) in [6, 6.07) is 3.57. The first-order valence-electron chi connectivity index (χ1n) is 4.56. The number of aldehydes is 1. The molecule has 0 aliphatic carbocycles. The molecule has 3 nitrogen and oxygen atoms in total. The number of fused-ring (bicyclic) bond motifs is 1. The van der Waals surface area contributed by atoms with Crippen molar-refractivity contribution in [1.82, 2.24) is 9.97 Å². The largest absolute Gasteiger partial charge is 0.303 e. The third-order valence-electron chi connectivity index (χ3n) is 2.19. The lowest BCUT2D eigenvalue weighted by Gasteiger charge is -2.04. The molecule has 0 amide bonds. The quantitative estimate of drug-likeness (QED) is 0.701. The number of rotatable bonds is 2. The molecule has 0 spiro atoms. The van der Waals surface area contributed by atoms with Crippen molar-refractivity contribution in [3.8, 4) is 0 Å². The number of nitrogens with zero attached hydrogens (tertiary/aromatic N) is 2. The highest BCUT2D eigenvalue weighted by molar-refractivity contribution is 5.80. The van der Waals surface area contributed by atoms with Crippen LogP contribution in [0, 0.1) is 12.7 Å². The third-order valence-corrected chi connectivity index (χ3v) is 2.19. The van der Waals surface area contributed by atoms with E-state index in [0.29, 0.717) is 22.9 Å². The molecule has 0 saturated carbocycles. The fourth-order valence-electron chi connectivity index (χ4n) is 1.47. The zero-order valence-corrected chi connectivity index (χ0v) is 8.20. The number of carbonyl (C=O) groups excluding carboxylic acids is 1. The van der Waals surface area contributed by atoms with Gasteiger partial charge in [0.05, 0.1) is 17.2 Å². The minimum absolute atomic E-state index is 0.0291. The van der Waals surface area contributed by atoms with Gasteiger partial charge in [-0.05, 0) is 19.1 Å². The molecule has 0 aliphatic heterocycles. The molecule has 2 heterocycles. The van der Waals surface area contributed by atoms with Gasteiger partial charge in [0.25, 0.3) is 0 Å². The van der Waals surface area contributed by atoms with E-state index in [1.165, 1.54) is 0 Å². The summed E-state index contributed by atoms with van der Waals surface area (Å²) in [5, 5.41) is 0. The molecule has 0 aromatic carbocycles. The average molecular weight is 204 g/mol. The summed E-state index contributed by atoms with van der Waals surface area (Å²) < 4.78 is 13.4. The number of halogens is 1. The number of hydrogen-bond donors (Lipinski definition) is 0. The predicted octanol–water partition coefficient (Wildman–Crippen LogP) is 1.82. The Bertz CT molecular complexity index is 520. The van der Waals surface area contributed by atoms with Gasteiger partial charge in [-0.15, -0.1) is 0 Å². The lowest BCUT2D eigenvalue weighted by Crippen LogP contribution is -1.98. The summed E-state index contributed by atoms with van der Waals surface area (Å²) >= 11 is 0. The average Bonchev–Trinajstić information content (AvgIpc) is 2.23. The van der Waals surface area contributed by atoms with Gasteiger partial charge >= 0.3 is 0 Å². The SMILES string of the molecule is Cc1ccc2ncc(F)c(CC=O)c2n1. The van der Waals surface area contributed by atoms with E-state index in [0.717, 1.165) is 11.9 Å². The summed E-state index contributed by atoms with van der Waals surface area (Å²) in [5.74, 6) is -0.479. The molecule has 0 saturated heterocycles. The van der Waals surface area contributed by atoms with Crippen molar-refractivity contribution in [3.05, 3.63) is 35.4 Å². The highest BCUT2D eigenvalue weighted by atomic mass is 19.1. The zero-order chi connectivity index (χ0) is 10.8. The normalized spacial score (nSPS) is 10.5. The van der Waals surface area contributed by atoms with E-state index in [-0.39, 0.29) is 6.42 Å². The van der Waals surface area contributed by atoms with Gasteiger partial charge in [0.1, 0.15) is 12.1 Å². The van der Waals surface area contributed by atoms with Crippen molar-refractivity contribution in [2.24, 2.45) is 0 Å². The van der Waals surface area contributed by atoms with Crippen LogP contribution in [0.1, 0.15) is 11.3 Å². The molecule has 2 aromatic heterocycles. The maximum atomic E-state index is 13.4. The predicted molar refractivity (Wildman–Crippen MR) is 54.0 cm³/mol. The van der Waals surface area contributed by atoms with Crippen LogP contribution in [0.4, 0.5) is 4.39 Å². The van der Waals surface area contributed by atoms with E-state index in [4.69, 9.17) is 0 Å². The Hall–Kier alpha value is -1.84. The third kappa shape index (κ3) is 1.70. The maximum absolute atomic E-state index is 13.4. The van der Waals surface area contributed by atoms with Crippen molar-refractivity contribution < 1.29 is 9.18 Å². The molecule has 2 rings (SSSR count). The lowest BCUT2D eigenvalue weighted by molar-refractivity contribution is -0.107. The number of pyridine rings is 2. The topological polar surface area (TPSA) is 42.9 Å². The summed E-state index contributed by atoms with van der Waals surface area (Å²) in [5.41, 5.74) is 2.18. The van der Waals surface area contributed by atoms with E-state index < -0.39 is 5.82 Å². The summed E-state index contributed by atoms with van der Waals surface area (Å²) in [4.78, 5) is 18.5. The molecular weight excluding hydrogens is 195 g/mol. The highest BCUT2D eigenvalue weighted by Gasteiger charge is 2.09. The van der Waals surface area contributed by atoms with Gasteiger partial charge in [0, 0.05) is 17.7 Å². The van der Waals surface area contributed by atoms with Crippen molar-refractivity contribution in [2.45, 2.75) is 13.3 Å². The van der Waals surface area contributed by atoms with E-state index in [9.17, 15) is 9.18 Å². The smallest absolute Gasteiger partial charge is 0.147 e. The molecule has 2 aromatic rings. The molecule has 0 radical (unpaired) electrons. The molecule has 0 unspecified atom stereocenters. The van der Waals surface area contributed by atoms with Crippen LogP contribution < -0.4 is 0 Å². The van der Waals surface area contributed by atoms with Crippen LogP contribution in [0.25, 0.3) is 11.0 Å². The Morgan fingerprint density at radius 1 is 1.47 bits per heavy atom. The van der Waals surface area contributed by atoms with Crippen LogP contribution in [-0.2, 0) is 11.2 Å². The molecule has 0 N–H and O–H groups in total. The van der Waals surface area contributed by atoms with Crippen LogP contribution in [0.15, 0.2) is 18.3 Å². The van der Waals surface area contributed by atoms with Crippen molar-refractivity contribution in [1.29, 1.82) is 0 Å². The number of carbonyl (C=O) groups is 1. The van der Waals surface area contributed by atoms with Gasteiger partial charge in [-0.2, -0.15) is 0 Å². The molecule has 0 bridgehead atoms. The maximum Gasteiger partial charge on any atom is 0.147 e. The number of hydrogen-bond acceptors (Lipinski definition) is 3. The van der Waals surface area contributed by atoms with Gasteiger partial charge in [-0.3, -0.25) is 9.97 Å². The first-order valence-corrected chi connectivity index (χ1v) is 4.56. The van der Waals surface area contributed by atoms with Gasteiger partial charge < -0.3 is 4.79 Å². The second kappa shape index (κ2) is 3.73. The minimum atomic E-state index is -0.479. The fourth-order valence-corrected chi connectivity index (χ4v) is 1.47. The van der Waals surface area contributed by atoms with Gasteiger partial charge in [0.2, 0.25) is 0 Å². The van der Waals surface area contributed by atoms with E-state index in [2.05, 4.69) is 9.97 Å². The Kier molecular flexibility index (Phi) is 2.41. The molecule has 0 atom stereocenters. The van der Waals surface area contributed by atoms with Gasteiger partial charge in [-0.25, -0.2) is 4.39 Å².